The van der Waals surface area contributed by atoms with E-state index in [9.17, 15) is 15.8 Å². The third-order valence-corrected chi connectivity index (χ3v) is 11.0. The second kappa shape index (κ2) is 11.5. The average Bonchev–Trinajstić information content (AvgIpc) is 3.53. The van der Waals surface area contributed by atoms with E-state index in [1.165, 1.54) is 33.0 Å². The quantitative estimate of drug-likeness (QED) is 0.176. The summed E-state index contributed by atoms with van der Waals surface area (Å²) in [6.45, 7) is 2.08. The lowest BCUT2D eigenvalue weighted by Gasteiger charge is -2.17. The van der Waals surface area contributed by atoms with Crippen LogP contribution in [0.1, 0.15) is 22.3 Å². The van der Waals surface area contributed by atoms with Crippen LogP contribution in [0.3, 0.4) is 0 Å². The number of rotatable bonds is 3. The first-order valence-electron chi connectivity index (χ1n) is 17.6. The van der Waals surface area contributed by atoms with Crippen LogP contribution >= 0.6 is 0 Å². The van der Waals surface area contributed by atoms with E-state index >= 15 is 0 Å². The smallest absolute Gasteiger partial charge is 0.0991 e. The third-order valence-electron chi connectivity index (χ3n) is 11.0. The summed E-state index contributed by atoms with van der Waals surface area (Å²) < 4.78 is 0. The number of nitriles is 3. The zero-order valence-electron chi connectivity index (χ0n) is 28.7. The minimum absolute atomic E-state index is 0.632. The van der Waals surface area contributed by atoms with Gasteiger partial charge in [0, 0.05) is 0 Å². The summed E-state index contributed by atoms with van der Waals surface area (Å²) in [5.74, 6) is 0. The molecule has 9 aromatic carbocycles. The monoisotopic (exact) mass is 669 g/mol. The van der Waals surface area contributed by atoms with Gasteiger partial charge in [-0.15, -0.1) is 0 Å². The molecule has 0 aromatic heterocycles. The molecule has 1 aliphatic rings. The average molecular weight is 670 g/mol. The maximum atomic E-state index is 9.60. The molecule has 242 valence electrons. The van der Waals surface area contributed by atoms with Crippen LogP contribution in [0.25, 0.3) is 98.7 Å². The van der Waals surface area contributed by atoms with Gasteiger partial charge in [0.1, 0.15) is 0 Å². The van der Waals surface area contributed by atoms with E-state index in [0.717, 1.165) is 71.3 Å². The number of hydrogen-bond donors (Lipinski definition) is 0. The Kier molecular flexibility index (Phi) is 6.59. The van der Waals surface area contributed by atoms with Gasteiger partial charge in [0.25, 0.3) is 0 Å². The van der Waals surface area contributed by atoms with Gasteiger partial charge in [-0.3, -0.25) is 0 Å². The van der Waals surface area contributed by atoms with E-state index in [1.807, 2.05) is 48.5 Å². The Labute approximate surface area is 306 Å². The van der Waals surface area contributed by atoms with Crippen molar-refractivity contribution in [3.8, 4) is 73.8 Å². The van der Waals surface area contributed by atoms with E-state index in [1.54, 1.807) is 0 Å². The van der Waals surface area contributed by atoms with Crippen molar-refractivity contribution in [3.63, 3.8) is 0 Å². The van der Waals surface area contributed by atoms with Crippen LogP contribution < -0.4 is 0 Å². The molecule has 0 fully saturated rings. The van der Waals surface area contributed by atoms with Crippen molar-refractivity contribution in [2.24, 2.45) is 0 Å². The number of aryl methyl sites for hydroxylation is 1. The van der Waals surface area contributed by atoms with E-state index in [2.05, 4.69) is 122 Å². The highest BCUT2D eigenvalue weighted by Gasteiger charge is 2.25. The Morgan fingerprint density at radius 1 is 0.321 bits per heavy atom. The first kappa shape index (κ1) is 30.3. The Balaban J connectivity index is 1.30. The molecular formula is C50H27N3. The fourth-order valence-electron chi connectivity index (χ4n) is 8.54. The number of nitrogens with zero attached hydrogens (tertiary/aromatic N) is 3. The van der Waals surface area contributed by atoms with Gasteiger partial charge in [-0.05, 0) is 172 Å². The van der Waals surface area contributed by atoms with E-state index < -0.39 is 0 Å². The Morgan fingerprint density at radius 2 is 0.792 bits per heavy atom. The lowest BCUT2D eigenvalue weighted by atomic mass is 9.86. The zero-order valence-corrected chi connectivity index (χ0v) is 28.7. The van der Waals surface area contributed by atoms with Crippen molar-refractivity contribution in [3.05, 3.63) is 168 Å². The molecule has 9 aromatic rings. The molecule has 0 N–H and O–H groups in total. The first-order chi connectivity index (χ1) is 26.0. The van der Waals surface area contributed by atoms with Gasteiger partial charge in [0.05, 0.1) is 34.9 Å². The van der Waals surface area contributed by atoms with Gasteiger partial charge < -0.3 is 0 Å². The molecule has 3 heteroatoms. The molecule has 0 aliphatic heterocycles. The molecule has 0 saturated carbocycles. The van der Waals surface area contributed by atoms with Crippen molar-refractivity contribution in [2.45, 2.75) is 6.92 Å². The van der Waals surface area contributed by atoms with Crippen molar-refractivity contribution in [1.29, 1.82) is 15.8 Å². The number of hydrogen-bond acceptors (Lipinski definition) is 3. The topological polar surface area (TPSA) is 71.4 Å². The van der Waals surface area contributed by atoms with Crippen LogP contribution in [-0.4, -0.2) is 0 Å². The predicted molar refractivity (Wildman–Crippen MR) is 216 cm³/mol. The molecule has 53 heavy (non-hydrogen) atoms. The molecule has 3 nitrogen and oxygen atoms in total. The van der Waals surface area contributed by atoms with Crippen LogP contribution in [0.4, 0.5) is 0 Å². The van der Waals surface area contributed by atoms with Gasteiger partial charge in [0.2, 0.25) is 0 Å². The second-order valence-electron chi connectivity index (χ2n) is 13.8. The number of fused-ring (bicyclic) bond motifs is 8. The third kappa shape index (κ3) is 4.51. The Bertz CT molecular complexity index is 3180. The molecule has 0 bridgehead atoms. The van der Waals surface area contributed by atoms with E-state index in [0.29, 0.717) is 16.7 Å². The highest BCUT2D eigenvalue weighted by atomic mass is 14.3. The van der Waals surface area contributed by atoms with Crippen LogP contribution in [0.15, 0.2) is 146 Å². The maximum Gasteiger partial charge on any atom is 0.0991 e. The fourth-order valence-corrected chi connectivity index (χ4v) is 8.54. The SMILES string of the molecule is Cc1cc(C#N)ccc1-c1ccc2c3c(cccc13)-c1cc3c(cc1-2)c(-c1ccc(C#N)cc1)cc1c2ccccc2c(-c2ccc(C#N)cc2)cc31. The van der Waals surface area contributed by atoms with E-state index in [4.69, 9.17) is 0 Å². The summed E-state index contributed by atoms with van der Waals surface area (Å²) >= 11 is 0. The zero-order chi connectivity index (χ0) is 35.8. The molecule has 0 atom stereocenters. The fraction of sp³-hybridized carbons (Fsp3) is 0.0200. The predicted octanol–water partition coefficient (Wildman–Crippen LogP) is 12.9. The minimum Gasteiger partial charge on any atom is -0.192 e. The molecule has 0 amide bonds. The molecular weight excluding hydrogens is 643 g/mol. The van der Waals surface area contributed by atoms with Gasteiger partial charge in [-0.2, -0.15) is 15.8 Å². The van der Waals surface area contributed by atoms with Crippen molar-refractivity contribution < 1.29 is 0 Å². The number of benzene rings is 9. The second-order valence-corrected chi connectivity index (χ2v) is 13.8. The standard InChI is InChI=1S/C50H27N3/c1-29-21-32(28-53)13-18-35(29)38-19-20-41-46-24-47-43(34-16-11-31(27-52)12-17-34)23-44-37-6-3-2-5-36(37)42(33-14-9-30(26-51)10-15-33)22-48(44)49(47)25-45(46)40-8-4-7-39(38)50(40)41/h2-25H,1H3. The van der Waals surface area contributed by atoms with Crippen LogP contribution in [-0.2, 0) is 0 Å². The van der Waals surface area contributed by atoms with Crippen LogP contribution in [0.2, 0.25) is 0 Å². The lowest BCUT2D eigenvalue weighted by Crippen LogP contribution is -1.91. The molecule has 0 heterocycles. The minimum atomic E-state index is 0.632. The summed E-state index contributed by atoms with van der Waals surface area (Å²) in [5, 5.41) is 38.0. The highest BCUT2D eigenvalue weighted by Crippen LogP contribution is 2.53. The van der Waals surface area contributed by atoms with Gasteiger partial charge in [-0.25, -0.2) is 0 Å². The molecule has 0 spiro atoms. The van der Waals surface area contributed by atoms with Crippen molar-refractivity contribution >= 4 is 43.1 Å². The Hall–Kier alpha value is -7.51. The summed E-state index contributed by atoms with van der Waals surface area (Å²) in [6.07, 6.45) is 0. The Morgan fingerprint density at radius 3 is 1.43 bits per heavy atom. The summed E-state index contributed by atoms with van der Waals surface area (Å²) in [6, 6.07) is 57.6. The van der Waals surface area contributed by atoms with Gasteiger partial charge >= 0.3 is 0 Å². The highest BCUT2D eigenvalue weighted by molar-refractivity contribution is 6.27. The summed E-state index contributed by atoms with van der Waals surface area (Å²) in [4.78, 5) is 0. The normalized spacial score (nSPS) is 11.4. The summed E-state index contributed by atoms with van der Waals surface area (Å²) in [5.41, 5.74) is 14.5. The first-order valence-corrected chi connectivity index (χ1v) is 17.6. The van der Waals surface area contributed by atoms with Gasteiger partial charge in [-0.1, -0.05) is 84.9 Å². The van der Waals surface area contributed by atoms with Crippen molar-refractivity contribution in [1.82, 2.24) is 0 Å². The van der Waals surface area contributed by atoms with Gasteiger partial charge in [0.15, 0.2) is 0 Å². The lowest BCUT2D eigenvalue weighted by molar-refractivity contribution is 1.42. The molecule has 0 saturated heterocycles. The molecule has 1 aliphatic carbocycles. The molecule has 10 rings (SSSR count). The van der Waals surface area contributed by atoms with Crippen LogP contribution in [0, 0.1) is 40.9 Å². The van der Waals surface area contributed by atoms with E-state index in [-0.39, 0.29) is 0 Å². The van der Waals surface area contributed by atoms with Crippen LogP contribution in [0.5, 0.6) is 0 Å². The summed E-state index contributed by atoms with van der Waals surface area (Å²) in [7, 11) is 0. The maximum absolute atomic E-state index is 9.60. The van der Waals surface area contributed by atoms with Crippen molar-refractivity contribution in [2.75, 3.05) is 0 Å². The molecule has 0 unspecified atom stereocenters. The largest absolute Gasteiger partial charge is 0.192 e. The molecule has 0 radical (unpaired) electrons.